The zero-order valence-corrected chi connectivity index (χ0v) is 8.23. The Morgan fingerprint density at radius 3 is 3.29 bits per heavy atom. The van der Waals surface area contributed by atoms with Gasteiger partial charge in [0, 0.05) is 0 Å². The van der Waals surface area contributed by atoms with Crippen LogP contribution in [0.15, 0.2) is 12.5 Å². The maximum atomic E-state index is 5.57. The molecule has 2 aromatic rings. The Bertz CT molecular complexity index is 392. The fourth-order valence-electron chi connectivity index (χ4n) is 1.33. The van der Waals surface area contributed by atoms with Gasteiger partial charge in [0.2, 0.25) is 5.65 Å². The first kappa shape index (κ1) is 9.05. The molecule has 0 saturated carbocycles. The Kier molecular flexibility index (Phi) is 2.67. The maximum absolute atomic E-state index is 5.57. The molecule has 0 amide bonds. The molecule has 2 aromatic heterocycles. The quantitative estimate of drug-likeness (QED) is 0.736. The topological polar surface area (TPSA) is 55.2 Å². The van der Waals surface area contributed by atoms with E-state index in [1.165, 1.54) is 19.2 Å². The molecule has 2 rings (SSSR count). The number of hydrogen-bond donors (Lipinski definition) is 1. The molecular formula is C9H14N4O. The number of H-pyrrole nitrogens is 1. The van der Waals surface area contributed by atoms with Gasteiger partial charge >= 0.3 is 0 Å². The van der Waals surface area contributed by atoms with Crippen molar-refractivity contribution >= 4 is 5.65 Å². The molecular weight excluding hydrogens is 180 g/mol. The molecule has 76 valence electrons. The predicted molar refractivity (Wildman–Crippen MR) is 52.4 cm³/mol. The van der Waals surface area contributed by atoms with Crippen molar-refractivity contribution in [3.05, 3.63) is 12.5 Å². The van der Waals surface area contributed by atoms with Gasteiger partial charge < -0.3 is 4.74 Å². The number of aromatic nitrogens is 4. The SMILES string of the molecule is CCCCCOc1c[nH]n2ncnc12. The van der Waals surface area contributed by atoms with E-state index in [1.54, 1.807) is 10.8 Å². The molecule has 14 heavy (non-hydrogen) atoms. The lowest BCUT2D eigenvalue weighted by Crippen LogP contribution is -1.96. The van der Waals surface area contributed by atoms with Crippen LogP contribution in [0.3, 0.4) is 0 Å². The van der Waals surface area contributed by atoms with Crippen LogP contribution in [0.5, 0.6) is 5.75 Å². The Balaban J connectivity index is 1.94. The maximum Gasteiger partial charge on any atom is 0.217 e. The highest BCUT2D eigenvalue weighted by atomic mass is 16.5. The first-order valence-corrected chi connectivity index (χ1v) is 4.91. The molecule has 0 aliphatic heterocycles. The highest BCUT2D eigenvalue weighted by Crippen LogP contribution is 2.15. The van der Waals surface area contributed by atoms with Crippen LogP contribution in [0.4, 0.5) is 0 Å². The fourth-order valence-corrected chi connectivity index (χ4v) is 1.33. The lowest BCUT2D eigenvalue weighted by molar-refractivity contribution is 0.309. The molecule has 0 aliphatic rings. The average molecular weight is 194 g/mol. The summed E-state index contributed by atoms with van der Waals surface area (Å²) in [6, 6.07) is 0. The molecule has 1 N–H and O–H groups in total. The zero-order valence-electron chi connectivity index (χ0n) is 8.23. The molecule has 0 bridgehead atoms. The minimum Gasteiger partial charge on any atom is -0.488 e. The van der Waals surface area contributed by atoms with Gasteiger partial charge in [-0.25, -0.2) is 4.98 Å². The number of rotatable bonds is 5. The molecule has 5 heteroatoms. The van der Waals surface area contributed by atoms with Crippen molar-refractivity contribution in [2.45, 2.75) is 26.2 Å². The van der Waals surface area contributed by atoms with E-state index >= 15 is 0 Å². The Hall–Kier alpha value is -1.52. The predicted octanol–water partition coefficient (Wildman–Crippen LogP) is 1.63. The van der Waals surface area contributed by atoms with Crippen molar-refractivity contribution < 1.29 is 4.74 Å². The number of unbranched alkanes of at least 4 members (excludes halogenated alkanes) is 2. The molecule has 2 heterocycles. The van der Waals surface area contributed by atoms with Gasteiger partial charge in [-0.3, -0.25) is 5.10 Å². The van der Waals surface area contributed by atoms with Crippen molar-refractivity contribution in [3.63, 3.8) is 0 Å². The summed E-state index contributed by atoms with van der Waals surface area (Å²) in [5, 5.41) is 6.88. The Morgan fingerprint density at radius 2 is 2.43 bits per heavy atom. The lowest BCUT2D eigenvalue weighted by atomic mass is 10.3. The molecule has 0 fully saturated rings. The normalized spacial score (nSPS) is 10.9. The van der Waals surface area contributed by atoms with Gasteiger partial charge in [-0.2, -0.15) is 4.63 Å². The van der Waals surface area contributed by atoms with Crippen molar-refractivity contribution in [1.29, 1.82) is 0 Å². The molecule has 0 atom stereocenters. The average Bonchev–Trinajstić information content (AvgIpc) is 2.75. The number of ether oxygens (including phenoxy) is 1. The van der Waals surface area contributed by atoms with Gasteiger partial charge in [0.1, 0.15) is 6.33 Å². The molecule has 5 nitrogen and oxygen atoms in total. The van der Waals surface area contributed by atoms with Crippen molar-refractivity contribution in [1.82, 2.24) is 19.8 Å². The first-order valence-electron chi connectivity index (χ1n) is 4.91. The summed E-state index contributed by atoms with van der Waals surface area (Å²) in [7, 11) is 0. The first-order chi connectivity index (χ1) is 6.92. The smallest absolute Gasteiger partial charge is 0.217 e. The van der Waals surface area contributed by atoms with Crippen molar-refractivity contribution in [2.24, 2.45) is 0 Å². The summed E-state index contributed by atoms with van der Waals surface area (Å²) in [5.41, 5.74) is 0.751. The second-order valence-electron chi connectivity index (χ2n) is 3.19. The van der Waals surface area contributed by atoms with Crippen LogP contribution < -0.4 is 4.74 Å². The van der Waals surface area contributed by atoms with E-state index in [9.17, 15) is 0 Å². The third-order valence-electron chi connectivity index (χ3n) is 2.09. The summed E-state index contributed by atoms with van der Waals surface area (Å²) in [6.45, 7) is 2.92. The molecule has 0 spiro atoms. The van der Waals surface area contributed by atoms with Gasteiger partial charge in [-0.05, 0) is 6.42 Å². The second kappa shape index (κ2) is 4.13. The highest BCUT2D eigenvalue weighted by Gasteiger charge is 2.05. The van der Waals surface area contributed by atoms with Crippen LogP contribution >= 0.6 is 0 Å². The summed E-state index contributed by atoms with van der Waals surface area (Å²) < 4.78 is 7.16. The van der Waals surface area contributed by atoms with Gasteiger partial charge in [0.15, 0.2) is 5.75 Å². The Labute approximate surface area is 82.1 Å². The zero-order chi connectivity index (χ0) is 9.80. The van der Waals surface area contributed by atoms with Crippen molar-refractivity contribution in [3.8, 4) is 5.75 Å². The molecule has 0 aliphatic carbocycles. The Morgan fingerprint density at radius 1 is 1.50 bits per heavy atom. The third kappa shape index (κ3) is 1.71. The van der Waals surface area contributed by atoms with Crippen LogP contribution in [-0.2, 0) is 0 Å². The summed E-state index contributed by atoms with van der Waals surface area (Å²) in [5.74, 6) is 0.776. The summed E-state index contributed by atoms with van der Waals surface area (Å²) in [6.07, 6.45) is 6.78. The van der Waals surface area contributed by atoms with E-state index in [-0.39, 0.29) is 0 Å². The highest BCUT2D eigenvalue weighted by molar-refractivity contribution is 5.50. The van der Waals surface area contributed by atoms with Crippen LogP contribution in [0.2, 0.25) is 0 Å². The van der Waals surface area contributed by atoms with Gasteiger partial charge in [-0.15, -0.1) is 5.10 Å². The number of fused-ring (bicyclic) bond motifs is 1. The molecule has 0 saturated heterocycles. The van der Waals surface area contributed by atoms with E-state index in [2.05, 4.69) is 22.1 Å². The van der Waals surface area contributed by atoms with E-state index in [4.69, 9.17) is 4.74 Å². The molecule has 0 radical (unpaired) electrons. The van der Waals surface area contributed by atoms with E-state index in [0.29, 0.717) is 0 Å². The third-order valence-corrected chi connectivity index (χ3v) is 2.09. The van der Waals surface area contributed by atoms with Crippen LogP contribution in [-0.4, -0.2) is 26.4 Å². The number of nitrogens with zero attached hydrogens (tertiary/aromatic N) is 3. The molecule has 0 unspecified atom stereocenters. The second-order valence-corrected chi connectivity index (χ2v) is 3.19. The van der Waals surface area contributed by atoms with E-state index < -0.39 is 0 Å². The van der Waals surface area contributed by atoms with E-state index in [1.807, 2.05) is 0 Å². The fraction of sp³-hybridized carbons (Fsp3) is 0.556. The van der Waals surface area contributed by atoms with Crippen LogP contribution in [0.1, 0.15) is 26.2 Å². The standard InChI is InChI=1S/C9H14N4O/c1-2-3-4-5-14-8-6-11-13-9(8)10-7-12-13/h6-7,11H,2-5H2,1H3. The largest absolute Gasteiger partial charge is 0.488 e. The minimum absolute atomic E-state index is 0.744. The minimum atomic E-state index is 0.744. The monoisotopic (exact) mass is 194 g/mol. The summed E-state index contributed by atoms with van der Waals surface area (Å²) in [4.78, 5) is 4.07. The summed E-state index contributed by atoms with van der Waals surface area (Å²) >= 11 is 0. The van der Waals surface area contributed by atoms with Crippen LogP contribution in [0.25, 0.3) is 5.65 Å². The number of hydrogen-bond acceptors (Lipinski definition) is 3. The van der Waals surface area contributed by atoms with E-state index in [0.717, 1.165) is 24.4 Å². The number of aromatic amines is 1. The molecule has 0 aromatic carbocycles. The van der Waals surface area contributed by atoms with Crippen LogP contribution in [0, 0.1) is 0 Å². The van der Waals surface area contributed by atoms with Crippen molar-refractivity contribution in [2.75, 3.05) is 6.61 Å². The number of nitrogens with one attached hydrogen (secondary N) is 1. The van der Waals surface area contributed by atoms with Gasteiger partial charge in [-0.1, -0.05) is 19.8 Å². The van der Waals surface area contributed by atoms with Gasteiger partial charge in [0.05, 0.1) is 12.8 Å². The lowest BCUT2D eigenvalue weighted by Gasteiger charge is -2.01. The van der Waals surface area contributed by atoms with Gasteiger partial charge in [0.25, 0.3) is 0 Å².